The Morgan fingerprint density at radius 2 is 1.67 bits per heavy atom. The molecular weight excluding hydrogens is 538 g/mol. The van der Waals surface area contributed by atoms with Crippen LogP contribution in [-0.2, 0) is 5.41 Å². The first-order chi connectivity index (χ1) is 17.3. The zero-order chi connectivity index (χ0) is 26.0. The number of thiocarbonyl (C=S) groups is 1. The number of hydrazone groups is 1. The lowest BCUT2D eigenvalue weighted by molar-refractivity contribution is 0.207. The summed E-state index contributed by atoms with van der Waals surface area (Å²) in [4.78, 5) is 0. The Kier molecular flexibility index (Phi) is 10.1. The van der Waals surface area contributed by atoms with Crippen LogP contribution in [0.2, 0.25) is 0 Å². The van der Waals surface area contributed by atoms with Crippen LogP contribution in [-0.4, -0.2) is 31.1 Å². The average Bonchev–Trinajstić information content (AvgIpc) is 2.83. The number of halogens is 1. The maximum Gasteiger partial charge on any atom is 0.191 e. The molecule has 0 radical (unpaired) electrons. The minimum absolute atomic E-state index is 0.113. The molecule has 0 aliphatic carbocycles. The van der Waals surface area contributed by atoms with E-state index in [4.69, 9.17) is 26.4 Å². The fourth-order valence-electron chi connectivity index (χ4n) is 3.27. The molecule has 0 amide bonds. The summed E-state index contributed by atoms with van der Waals surface area (Å²) in [6.45, 7) is 9.78. The number of anilines is 1. The van der Waals surface area contributed by atoms with Gasteiger partial charge in [0, 0.05) is 5.69 Å². The summed E-state index contributed by atoms with van der Waals surface area (Å²) in [6.07, 6.45) is 1.67. The zero-order valence-corrected chi connectivity index (χ0v) is 23.4. The Balaban J connectivity index is 1.55. The molecular formula is C28H32BrN3O3S. The summed E-state index contributed by atoms with van der Waals surface area (Å²) in [6, 6.07) is 21.6. The molecule has 2 N–H and O–H groups in total. The molecule has 3 aromatic carbocycles. The van der Waals surface area contributed by atoms with Gasteiger partial charge in [0.1, 0.15) is 19.0 Å². The summed E-state index contributed by atoms with van der Waals surface area (Å²) >= 11 is 8.87. The van der Waals surface area contributed by atoms with Crippen LogP contribution in [0.1, 0.15) is 38.8 Å². The number of hydrogen-bond acceptors (Lipinski definition) is 5. The smallest absolute Gasteiger partial charge is 0.191 e. The fraction of sp³-hybridized carbons (Fsp3) is 0.286. The molecule has 0 bridgehead atoms. The highest BCUT2D eigenvalue weighted by Gasteiger charge is 2.14. The quantitative estimate of drug-likeness (QED) is 0.119. The molecule has 6 nitrogen and oxygen atoms in total. The van der Waals surface area contributed by atoms with Crippen molar-refractivity contribution in [1.29, 1.82) is 0 Å². The lowest BCUT2D eigenvalue weighted by atomic mass is 9.87. The van der Waals surface area contributed by atoms with E-state index in [-0.39, 0.29) is 5.41 Å². The van der Waals surface area contributed by atoms with Gasteiger partial charge in [-0.2, -0.15) is 5.10 Å². The number of benzene rings is 3. The Hall–Kier alpha value is -3.10. The Morgan fingerprint density at radius 1 is 0.972 bits per heavy atom. The van der Waals surface area contributed by atoms with Gasteiger partial charge in [-0.05, 0) is 88.0 Å². The normalized spacial score (nSPS) is 11.2. The van der Waals surface area contributed by atoms with E-state index < -0.39 is 0 Å². The van der Waals surface area contributed by atoms with Crippen LogP contribution in [0.15, 0.2) is 76.3 Å². The zero-order valence-electron chi connectivity index (χ0n) is 21.0. The second kappa shape index (κ2) is 13.3. The molecule has 0 aromatic heterocycles. The van der Waals surface area contributed by atoms with E-state index in [0.717, 1.165) is 21.5 Å². The SMILES string of the molecule is CCOc1cc(C=NNC(=S)Nc2ccccc2)cc(Br)c1OCCOc1ccc(C(C)(C)C)cc1. The molecule has 0 saturated heterocycles. The van der Waals surface area contributed by atoms with Crippen molar-refractivity contribution in [3.63, 3.8) is 0 Å². The summed E-state index contributed by atoms with van der Waals surface area (Å²) in [5.74, 6) is 2.05. The van der Waals surface area contributed by atoms with Crippen LogP contribution >= 0.6 is 28.1 Å². The standard InChI is InChI=1S/C28H32BrN3O3S/c1-5-33-25-18-20(19-30-32-27(36)31-22-9-7-6-8-10-22)17-24(29)26(25)35-16-15-34-23-13-11-21(12-14-23)28(2,3)4/h6-14,17-19H,5,15-16H2,1-4H3,(H2,31,32,36). The van der Waals surface area contributed by atoms with Crippen molar-refractivity contribution in [2.75, 3.05) is 25.1 Å². The van der Waals surface area contributed by atoms with Crippen LogP contribution in [0, 0.1) is 0 Å². The lowest BCUT2D eigenvalue weighted by Crippen LogP contribution is -2.23. The Labute approximate surface area is 227 Å². The van der Waals surface area contributed by atoms with Gasteiger partial charge >= 0.3 is 0 Å². The van der Waals surface area contributed by atoms with Gasteiger partial charge in [0.05, 0.1) is 17.3 Å². The summed E-state index contributed by atoms with van der Waals surface area (Å²) in [5.41, 5.74) is 5.91. The molecule has 3 aromatic rings. The highest BCUT2D eigenvalue weighted by atomic mass is 79.9. The van der Waals surface area contributed by atoms with Crippen LogP contribution in [0.4, 0.5) is 5.69 Å². The van der Waals surface area contributed by atoms with E-state index in [2.05, 4.69) is 64.7 Å². The van der Waals surface area contributed by atoms with Gasteiger partial charge in [0.25, 0.3) is 0 Å². The van der Waals surface area contributed by atoms with E-state index in [0.29, 0.717) is 36.4 Å². The molecule has 0 unspecified atom stereocenters. The van der Waals surface area contributed by atoms with Gasteiger partial charge in [0.2, 0.25) is 0 Å². The second-order valence-electron chi connectivity index (χ2n) is 8.92. The van der Waals surface area contributed by atoms with Gasteiger partial charge in [0.15, 0.2) is 16.6 Å². The first-order valence-corrected chi connectivity index (χ1v) is 12.9. The predicted molar refractivity (Wildman–Crippen MR) is 155 cm³/mol. The number of nitrogens with zero attached hydrogens (tertiary/aromatic N) is 1. The van der Waals surface area contributed by atoms with Crippen molar-refractivity contribution in [3.8, 4) is 17.2 Å². The Bertz CT molecular complexity index is 1160. The van der Waals surface area contributed by atoms with Gasteiger partial charge in [-0.3, -0.25) is 5.43 Å². The third-order valence-corrected chi connectivity index (χ3v) is 5.84. The van der Waals surface area contributed by atoms with Crippen molar-refractivity contribution < 1.29 is 14.2 Å². The highest BCUT2D eigenvalue weighted by molar-refractivity contribution is 9.10. The molecule has 0 atom stereocenters. The topological polar surface area (TPSA) is 64.1 Å². The molecule has 0 spiro atoms. The first kappa shape index (κ1) is 27.5. The highest BCUT2D eigenvalue weighted by Crippen LogP contribution is 2.36. The van der Waals surface area contributed by atoms with Crippen molar-refractivity contribution in [3.05, 3.63) is 82.3 Å². The number of hydrogen-bond donors (Lipinski definition) is 2. The third kappa shape index (κ3) is 8.53. The molecule has 0 heterocycles. The number of ether oxygens (including phenoxy) is 3. The molecule has 36 heavy (non-hydrogen) atoms. The van der Waals surface area contributed by atoms with Gasteiger partial charge in [-0.1, -0.05) is 51.1 Å². The van der Waals surface area contributed by atoms with Crippen LogP contribution < -0.4 is 25.0 Å². The molecule has 8 heteroatoms. The lowest BCUT2D eigenvalue weighted by Gasteiger charge is -2.19. The fourth-order valence-corrected chi connectivity index (χ4v) is 4.01. The van der Waals surface area contributed by atoms with Gasteiger partial charge in [-0.15, -0.1) is 0 Å². The third-order valence-electron chi connectivity index (χ3n) is 5.06. The maximum absolute atomic E-state index is 6.00. The molecule has 3 rings (SSSR count). The van der Waals surface area contributed by atoms with E-state index in [1.165, 1.54) is 5.56 Å². The summed E-state index contributed by atoms with van der Waals surface area (Å²) < 4.78 is 18.4. The second-order valence-corrected chi connectivity index (χ2v) is 10.2. The van der Waals surface area contributed by atoms with Gasteiger partial charge < -0.3 is 19.5 Å². The minimum Gasteiger partial charge on any atom is -0.490 e. The Morgan fingerprint density at radius 3 is 2.33 bits per heavy atom. The number of nitrogens with one attached hydrogen (secondary N) is 2. The van der Waals surface area contributed by atoms with E-state index in [1.54, 1.807) is 6.21 Å². The van der Waals surface area contributed by atoms with E-state index in [1.807, 2.05) is 61.5 Å². The average molecular weight is 571 g/mol. The molecule has 0 saturated carbocycles. The summed E-state index contributed by atoms with van der Waals surface area (Å²) in [7, 11) is 0. The van der Waals surface area contributed by atoms with Crippen molar-refractivity contribution >= 4 is 45.2 Å². The molecule has 0 aliphatic heterocycles. The molecule has 190 valence electrons. The molecule has 0 aliphatic rings. The minimum atomic E-state index is 0.113. The maximum atomic E-state index is 6.00. The van der Waals surface area contributed by atoms with Crippen molar-refractivity contribution in [1.82, 2.24) is 5.43 Å². The van der Waals surface area contributed by atoms with E-state index >= 15 is 0 Å². The monoisotopic (exact) mass is 569 g/mol. The number of rotatable bonds is 10. The van der Waals surface area contributed by atoms with Crippen molar-refractivity contribution in [2.45, 2.75) is 33.1 Å². The number of para-hydroxylation sites is 1. The van der Waals surface area contributed by atoms with Gasteiger partial charge in [-0.25, -0.2) is 0 Å². The van der Waals surface area contributed by atoms with Crippen LogP contribution in [0.25, 0.3) is 0 Å². The largest absolute Gasteiger partial charge is 0.490 e. The van der Waals surface area contributed by atoms with E-state index in [9.17, 15) is 0 Å². The molecule has 0 fully saturated rings. The van der Waals surface area contributed by atoms with Crippen LogP contribution in [0.5, 0.6) is 17.2 Å². The predicted octanol–water partition coefficient (Wildman–Crippen LogP) is 6.92. The van der Waals surface area contributed by atoms with Crippen molar-refractivity contribution in [2.24, 2.45) is 5.10 Å². The first-order valence-electron chi connectivity index (χ1n) is 11.7. The summed E-state index contributed by atoms with van der Waals surface area (Å²) in [5, 5.41) is 7.69. The van der Waals surface area contributed by atoms with Crippen LogP contribution in [0.3, 0.4) is 0 Å².